The Morgan fingerprint density at radius 1 is 1.03 bits per heavy atom. The first kappa shape index (κ1) is 28.0. The van der Waals surface area contributed by atoms with Crippen LogP contribution in [0.1, 0.15) is 82.1 Å². The molecule has 35 heavy (non-hydrogen) atoms. The first-order valence-electron chi connectivity index (χ1n) is 12.7. The zero-order valence-electron chi connectivity index (χ0n) is 21.9. The second-order valence-electron chi connectivity index (χ2n) is 9.40. The Hall–Kier alpha value is -3.20. The Bertz CT molecular complexity index is 1000. The first-order chi connectivity index (χ1) is 16.9. The van der Waals surface area contributed by atoms with Crippen molar-refractivity contribution in [1.29, 1.82) is 0 Å². The van der Waals surface area contributed by atoms with Gasteiger partial charge in [0, 0.05) is 6.21 Å². The van der Waals surface area contributed by atoms with Gasteiger partial charge in [0.1, 0.15) is 5.60 Å². The molecule has 0 aliphatic carbocycles. The molecule has 0 amide bonds. The molecule has 0 saturated carbocycles. The molecular weight excluding hydrogens is 430 g/mol. The molecule has 3 heteroatoms. The molecule has 0 radical (unpaired) electrons. The van der Waals surface area contributed by atoms with Gasteiger partial charge < -0.3 is 4.74 Å². The Morgan fingerprint density at radius 3 is 2.29 bits per heavy atom. The van der Waals surface area contributed by atoms with Crippen LogP contribution in [0.5, 0.6) is 0 Å². The van der Waals surface area contributed by atoms with Crippen LogP contribution in [-0.2, 0) is 4.74 Å². The SMILES string of the molecule is C=CC(C)(OC(=O)c1ccccc1)C(CC=C(C)C)N=CC(=Cc1ccccc1)CCCCCC. The van der Waals surface area contributed by atoms with Gasteiger partial charge in [-0.25, -0.2) is 4.79 Å². The number of carbonyl (C=O) groups is 1. The summed E-state index contributed by atoms with van der Waals surface area (Å²) in [7, 11) is 0. The standard InChI is InChI=1S/C32H41NO2/c1-6-8-9-12-19-28(24-27-17-13-10-14-18-27)25-33-30(23-22-26(3)4)32(5,7-2)35-31(34)29-20-15-11-16-21-29/h7,10-11,13-18,20-22,24-25,30H,2,6,8-9,12,19,23H2,1,3-5H3. The number of rotatable bonds is 14. The predicted octanol–water partition coefficient (Wildman–Crippen LogP) is 8.64. The molecule has 0 N–H and O–H groups in total. The quantitative estimate of drug-likeness (QED) is 0.120. The Balaban J connectivity index is 2.33. The number of aliphatic imine (C=N–C) groups is 1. The van der Waals surface area contributed by atoms with Crippen molar-refractivity contribution in [3.8, 4) is 0 Å². The van der Waals surface area contributed by atoms with Crippen LogP contribution in [0.4, 0.5) is 0 Å². The number of nitrogens with zero attached hydrogens (tertiary/aromatic N) is 1. The fourth-order valence-electron chi connectivity index (χ4n) is 3.75. The van der Waals surface area contributed by atoms with Gasteiger partial charge in [0.2, 0.25) is 0 Å². The number of allylic oxidation sites excluding steroid dienone is 2. The lowest BCUT2D eigenvalue weighted by atomic mass is 9.92. The van der Waals surface area contributed by atoms with Crippen LogP contribution in [0, 0.1) is 0 Å². The van der Waals surface area contributed by atoms with Gasteiger partial charge in [-0.15, -0.1) is 0 Å². The number of ether oxygens (including phenoxy) is 1. The molecule has 2 atom stereocenters. The number of carbonyl (C=O) groups excluding carboxylic acids is 1. The summed E-state index contributed by atoms with van der Waals surface area (Å²) >= 11 is 0. The molecule has 0 bridgehead atoms. The summed E-state index contributed by atoms with van der Waals surface area (Å²) < 4.78 is 6.01. The van der Waals surface area contributed by atoms with Crippen LogP contribution in [0.2, 0.25) is 0 Å². The molecule has 0 heterocycles. The average Bonchev–Trinajstić information content (AvgIpc) is 2.87. The molecule has 0 saturated heterocycles. The van der Waals surface area contributed by atoms with Crippen molar-refractivity contribution in [2.24, 2.45) is 4.99 Å². The molecule has 2 rings (SSSR count). The zero-order valence-corrected chi connectivity index (χ0v) is 21.9. The third-order valence-corrected chi connectivity index (χ3v) is 6.03. The molecule has 2 aromatic carbocycles. The van der Waals surface area contributed by atoms with E-state index in [0.29, 0.717) is 12.0 Å². The normalized spacial score (nSPS) is 14.2. The lowest BCUT2D eigenvalue weighted by molar-refractivity contribution is 0.00201. The van der Waals surface area contributed by atoms with Gasteiger partial charge in [-0.3, -0.25) is 4.99 Å². The summed E-state index contributed by atoms with van der Waals surface area (Å²) in [6, 6.07) is 19.1. The van der Waals surface area contributed by atoms with E-state index in [9.17, 15) is 4.79 Å². The largest absolute Gasteiger partial charge is 0.449 e. The third-order valence-electron chi connectivity index (χ3n) is 6.03. The average molecular weight is 472 g/mol. The maximum atomic E-state index is 12.9. The van der Waals surface area contributed by atoms with Crippen LogP contribution < -0.4 is 0 Å². The number of hydrogen-bond donors (Lipinski definition) is 0. The summed E-state index contributed by atoms with van der Waals surface area (Å²) in [6.45, 7) is 12.3. The van der Waals surface area contributed by atoms with E-state index in [2.05, 4.69) is 51.6 Å². The van der Waals surface area contributed by atoms with E-state index < -0.39 is 5.60 Å². The summed E-state index contributed by atoms with van der Waals surface area (Å²) in [5.41, 5.74) is 3.11. The first-order valence-corrected chi connectivity index (χ1v) is 12.7. The molecule has 2 aromatic rings. The molecule has 0 aliphatic rings. The monoisotopic (exact) mass is 471 g/mol. The van der Waals surface area contributed by atoms with Gasteiger partial charge >= 0.3 is 5.97 Å². The molecule has 2 unspecified atom stereocenters. The second-order valence-corrected chi connectivity index (χ2v) is 9.40. The van der Waals surface area contributed by atoms with E-state index in [1.54, 1.807) is 18.2 Å². The summed E-state index contributed by atoms with van der Waals surface area (Å²) in [4.78, 5) is 17.9. The number of esters is 1. The zero-order chi connectivity index (χ0) is 25.5. The third kappa shape index (κ3) is 9.90. The second kappa shape index (κ2) is 14.9. The van der Waals surface area contributed by atoms with Gasteiger partial charge in [-0.2, -0.15) is 0 Å². The van der Waals surface area contributed by atoms with Crippen LogP contribution in [0.15, 0.2) is 95.5 Å². The van der Waals surface area contributed by atoms with Crippen molar-refractivity contribution < 1.29 is 9.53 Å². The lowest BCUT2D eigenvalue weighted by Crippen LogP contribution is -2.41. The Labute approximate surface area is 212 Å². The number of unbranched alkanes of at least 4 members (excludes halogenated alkanes) is 3. The molecule has 0 spiro atoms. The predicted molar refractivity (Wildman–Crippen MR) is 150 cm³/mol. The number of hydrogen-bond acceptors (Lipinski definition) is 3. The maximum absolute atomic E-state index is 12.9. The van der Waals surface area contributed by atoms with Crippen LogP contribution >= 0.6 is 0 Å². The highest BCUT2D eigenvalue weighted by Crippen LogP contribution is 2.26. The number of benzene rings is 2. The van der Waals surface area contributed by atoms with Crippen molar-refractivity contribution >= 4 is 18.3 Å². The highest BCUT2D eigenvalue weighted by Gasteiger charge is 2.34. The molecule has 3 nitrogen and oxygen atoms in total. The topological polar surface area (TPSA) is 38.7 Å². The minimum Gasteiger partial charge on any atom is -0.449 e. The van der Waals surface area contributed by atoms with E-state index in [1.165, 1.54) is 30.4 Å². The lowest BCUT2D eigenvalue weighted by Gasteiger charge is -2.32. The molecule has 186 valence electrons. The molecular formula is C32H41NO2. The Morgan fingerprint density at radius 2 is 1.69 bits per heavy atom. The van der Waals surface area contributed by atoms with Crippen LogP contribution in [-0.4, -0.2) is 23.8 Å². The van der Waals surface area contributed by atoms with Crippen molar-refractivity contribution in [3.05, 3.63) is 102 Å². The summed E-state index contributed by atoms with van der Waals surface area (Å²) in [5, 5.41) is 0. The van der Waals surface area contributed by atoms with E-state index in [4.69, 9.17) is 9.73 Å². The van der Waals surface area contributed by atoms with Crippen molar-refractivity contribution in [2.45, 2.75) is 77.9 Å². The highest BCUT2D eigenvalue weighted by atomic mass is 16.6. The van der Waals surface area contributed by atoms with Crippen LogP contribution in [0.3, 0.4) is 0 Å². The van der Waals surface area contributed by atoms with E-state index in [-0.39, 0.29) is 12.0 Å². The van der Waals surface area contributed by atoms with Crippen molar-refractivity contribution in [2.75, 3.05) is 0 Å². The maximum Gasteiger partial charge on any atom is 0.339 e. The van der Waals surface area contributed by atoms with Gasteiger partial charge in [0.25, 0.3) is 0 Å². The van der Waals surface area contributed by atoms with Crippen LogP contribution in [0.25, 0.3) is 6.08 Å². The van der Waals surface area contributed by atoms with E-state index in [0.717, 1.165) is 18.4 Å². The van der Waals surface area contributed by atoms with E-state index >= 15 is 0 Å². The minimum absolute atomic E-state index is 0.294. The summed E-state index contributed by atoms with van der Waals surface area (Å²) in [5.74, 6) is -0.370. The smallest absolute Gasteiger partial charge is 0.339 e. The van der Waals surface area contributed by atoms with Crippen molar-refractivity contribution in [3.63, 3.8) is 0 Å². The Kier molecular flexibility index (Phi) is 12.0. The van der Waals surface area contributed by atoms with E-state index in [1.807, 2.05) is 49.5 Å². The summed E-state index contributed by atoms with van der Waals surface area (Å²) in [6.07, 6.45) is 14.4. The highest BCUT2D eigenvalue weighted by molar-refractivity contribution is 5.90. The minimum atomic E-state index is -0.949. The molecule has 0 aromatic heterocycles. The van der Waals surface area contributed by atoms with Gasteiger partial charge in [-0.1, -0.05) is 99.0 Å². The fourth-order valence-corrected chi connectivity index (χ4v) is 3.75. The van der Waals surface area contributed by atoms with Gasteiger partial charge in [0.05, 0.1) is 11.6 Å². The molecule has 0 fully saturated rings. The van der Waals surface area contributed by atoms with Gasteiger partial charge in [0.15, 0.2) is 0 Å². The fraction of sp³-hybridized carbons (Fsp3) is 0.375. The van der Waals surface area contributed by atoms with Gasteiger partial charge in [-0.05, 0) is 69.4 Å². The molecule has 0 aliphatic heterocycles. The van der Waals surface area contributed by atoms with Crippen molar-refractivity contribution in [1.82, 2.24) is 0 Å².